The van der Waals surface area contributed by atoms with Crippen molar-refractivity contribution >= 4 is 0 Å². The first-order chi connectivity index (χ1) is 11.5. The van der Waals surface area contributed by atoms with E-state index in [1.54, 1.807) is 19.2 Å². The minimum absolute atomic E-state index is 0.0435. The highest BCUT2D eigenvalue weighted by atomic mass is 19.1. The Kier molecular flexibility index (Phi) is 4.61. The van der Waals surface area contributed by atoms with Crippen molar-refractivity contribution in [1.29, 1.82) is 0 Å². The second kappa shape index (κ2) is 6.54. The third kappa shape index (κ3) is 3.04. The molecule has 2 aromatic rings. The van der Waals surface area contributed by atoms with Crippen LogP contribution in [0.5, 0.6) is 5.75 Å². The smallest absolute Gasteiger partial charge is 0.131 e. The van der Waals surface area contributed by atoms with Crippen molar-refractivity contribution in [1.82, 2.24) is 0 Å². The summed E-state index contributed by atoms with van der Waals surface area (Å²) < 4.78 is 25.7. The van der Waals surface area contributed by atoms with Crippen LogP contribution in [0.3, 0.4) is 0 Å². The van der Waals surface area contributed by atoms with Crippen LogP contribution in [-0.4, -0.2) is 18.8 Å². The highest BCUT2D eigenvalue weighted by Gasteiger charge is 2.38. The molecule has 0 saturated carbocycles. The Morgan fingerprint density at radius 3 is 2.62 bits per heavy atom. The van der Waals surface area contributed by atoms with Gasteiger partial charge in [0.15, 0.2) is 0 Å². The average Bonchev–Trinajstić information content (AvgIpc) is 2.94. The third-order valence-electron chi connectivity index (χ3n) is 4.79. The summed E-state index contributed by atoms with van der Waals surface area (Å²) in [6.45, 7) is 4.94. The Morgan fingerprint density at radius 1 is 1.21 bits per heavy atom. The molecule has 0 radical (unpaired) electrons. The summed E-state index contributed by atoms with van der Waals surface area (Å²) in [4.78, 5) is 0. The molecule has 0 unspecified atom stereocenters. The summed E-state index contributed by atoms with van der Waals surface area (Å²) in [6, 6.07) is 10.3. The number of aliphatic hydroxyl groups excluding tert-OH is 1. The molecule has 0 aliphatic carbocycles. The molecule has 2 aromatic carbocycles. The summed E-state index contributed by atoms with van der Waals surface area (Å²) in [7, 11) is 1.57. The zero-order valence-electron chi connectivity index (χ0n) is 14.3. The van der Waals surface area contributed by atoms with Gasteiger partial charge in [-0.15, -0.1) is 0 Å². The summed E-state index contributed by atoms with van der Waals surface area (Å²) in [5.41, 5.74) is 2.93. The average molecular weight is 330 g/mol. The molecule has 1 N–H and O–H groups in total. The van der Waals surface area contributed by atoms with E-state index in [0.717, 1.165) is 23.1 Å². The van der Waals surface area contributed by atoms with Gasteiger partial charge in [-0.2, -0.15) is 0 Å². The van der Waals surface area contributed by atoms with Gasteiger partial charge in [0, 0.05) is 12.2 Å². The number of halogens is 1. The molecule has 1 atom stereocenters. The lowest BCUT2D eigenvalue weighted by Gasteiger charge is -2.28. The molecule has 1 aliphatic heterocycles. The van der Waals surface area contributed by atoms with E-state index >= 15 is 0 Å². The van der Waals surface area contributed by atoms with E-state index in [9.17, 15) is 9.50 Å². The molecule has 0 bridgehead atoms. The van der Waals surface area contributed by atoms with Crippen LogP contribution in [0.2, 0.25) is 0 Å². The summed E-state index contributed by atoms with van der Waals surface area (Å²) in [5, 5.41) is 9.50. The van der Waals surface area contributed by atoms with Crippen molar-refractivity contribution in [2.24, 2.45) is 5.41 Å². The summed E-state index contributed by atoms with van der Waals surface area (Å²) >= 11 is 0. The first kappa shape index (κ1) is 16.9. The van der Waals surface area contributed by atoms with Crippen LogP contribution in [-0.2, 0) is 11.3 Å². The number of hydrogen-bond donors (Lipinski definition) is 1. The minimum atomic E-state index is -0.301. The molecule has 128 valence electrons. The normalized spacial score (nSPS) is 19.5. The standard InChI is InChI=1S/C20H23FO3/c1-20(2)8-9-24-19(20)17-10-13(12-22)4-6-15(17)16-11-14(23-3)5-7-18(16)21/h4-7,10-11,19,22H,8-9,12H2,1-3H3/t19-/m0/s1. The van der Waals surface area contributed by atoms with E-state index < -0.39 is 0 Å². The van der Waals surface area contributed by atoms with Crippen molar-refractivity contribution in [3.63, 3.8) is 0 Å². The van der Waals surface area contributed by atoms with Crippen molar-refractivity contribution < 1.29 is 19.0 Å². The first-order valence-electron chi connectivity index (χ1n) is 8.15. The Morgan fingerprint density at radius 2 is 2.00 bits per heavy atom. The molecule has 1 saturated heterocycles. The number of hydrogen-bond acceptors (Lipinski definition) is 3. The first-order valence-corrected chi connectivity index (χ1v) is 8.15. The predicted molar refractivity (Wildman–Crippen MR) is 91.4 cm³/mol. The lowest BCUT2D eigenvalue weighted by Crippen LogP contribution is -2.17. The summed E-state index contributed by atoms with van der Waals surface area (Å²) in [6.07, 6.45) is 0.811. The van der Waals surface area contributed by atoms with Crippen molar-refractivity contribution in [3.8, 4) is 16.9 Å². The van der Waals surface area contributed by atoms with E-state index in [1.165, 1.54) is 6.07 Å². The van der Waals surface area contributed by atoms with Crippen LogP contribution in [0.25, 0.3) is 11.1 Å². The van der Waals surface area contributed by atoms with Crippen molar-refractivity contribution in [2.45, 2.75) is 33.0 Å². The number of ether oxygens (including phenoxy) is 2. The highest BCUT2D eigenvalue weighted by molar-refractivity contribution is 5.70. The van der Waals surface area contributed by atoms with Crippen LogP contribution in [0, 0.1) is 11.2 Å². The van der Waals surface area contributed by atoms with Crippen LogP contribution in [0.4, 0.5) is 4.39 Å². The fourth-order valence-corrected chi connectivity index (χ4v) is 3.32. The second-order valence-electron chi connectivity index (χ2n) is 6.91. The molecular formula is C20H23FO3. The molecule has 0 amide bonds. The van der Waals surface area contributed by atoms with E-state index in [0.29, 0.717) is 17.9 Å². The zero-order valence-corrected chi connectivity index (χ0v) is 14.3. The van der Waals surface area contributed by atoms with Gasteiger partial charge in [0.25, 0.3) is 0 Å². The molecule has 3 nitrogen and oxygen atoms in total. The lowest BCUT2D eigenvalue weighted by atomic mass is 9.79. The highest BCUT2D eigenvalue weighted by Crippen LogP contribution is 2.48. The van der Waals surface area contributed by atoms with Crippen LogP contribution in [0.15, 0.2) is 36.4 Å². The van der Waals surface area contributed by atoms with Gasteiger partial charge < -0.3 is 14.6 Å². The zero-order chi connectivity index (χ0) is 17.3. The molecule has 0 spiro atoms. The number of benzene rings is 2. The van der Waals surface area contributed by atoms with Gasteiger partial charge in [0.05, 0.1) is 19.8 Å². The molecule has 3 rings (SSSR count). The Balaban J connectivity index is 2.18. The van der Waals surface area contributed by atoms with Gasteiger partial charge in [-0.05, 0) is 46.7 Å². The maximum absolute atomic E-state index is 14.5. The molecule has 0 aromatic heterocycles. The second-order valence-corrected chi connectivity index (χ2v) is 6.91. The van der Waals surface area contributed by atoms with Gasteiger partial charge in [0.1, 0.15) is 11.6 Å². The van der Waals surface area contributed by atoms with Gasteiger partial charge in [-0.1, -0.05) is 32.0 Å². The maximum atomic E-state index is 14.5. The minimum Gasteiger partial charge on any atom is -0.497 e. The SMILES string of the molecule is COc1ccc(F)c(-c2ccc(CO)cc2[C@@H]2OCCC2(C)C)c1. The van der Waals surface area contributed by atoms with E-state index in [2.05, 4.69) is 13.8 Å². The Labute approximate surface area is 142 Å². The third-order valence-corrected chi connectivity index (χ3v) is 4.79. The van der Waals surface area contributed by atoms with Gasteiger partial charge in [-0.3, -0.25) is 0 Å². The molecule has 1 fully saturated rings. The fraction of sp³-hybridized carbons (Fsp3) is 0.400. The Bertz CT molecular complexity index is 740. The fourth-order valence-electron chi connectivity index (χ4n) is 3.32. The van der Waals surface area contributed by atoms with E-state index in [-0.39, 0.29) is 23.9 Å². The van der Waals surface area contributed by atoms with Gasteiger partial charge >= 0.3 is 0 Å². The Hall–Kier alpha value is -1.91. The molecule has 24 heavy (non-hydrogen) atoms. The monoisotopic (exact) mass is 330 g/mol. The lowest BCUT2D eigenvalue weighted by molar-refractivity contribution is 0.0639. The van der Waals surface area contributed by atoms with Crippen LogP contribution < -0.4 is 4.74 Å². The van der Waals surface area contributed by atoms with Crippen LogP contribution in [0.1, 0.15) is 37.5 Å². The molecule has 1 heterocycles. The van der Waals surface area contributed by atoms with Gasteiger partial charge in [0.2, 0.25) is 0 Å². The van der Waals surface area contributed by atoms with Gasteiger partial charge in [-0.25, -0.2) is 4.39 Å². The topological polar surface area (TPSA) is 38.7 Å². The molecule has 4 heteroatoms. The number of rotatable bonds is 4. The number of aliphatic hydroxyl groups is 1. The van der Waals surface area contributed by atoms with Crippen molar-refractivity contribution in [3.05, 3.63) is 53.3 Å². The molecular weight excluding hydrogens is 307 g/mol. The molecule has 1 aliphatic rings. The van der Waals surface area contributed by atoms with E-state index in [4.69, 9.17) is 9.47 Å². The number of methoxy groups -OCH3 is 1. The predicted octanol–water partition coefficient (Wildman–Crippen LogP) is 4.48. The largest absolute Gasteiger partial charge is 0.497 e. The van der Waals surface area contributed by atoms with E-state index in [1.807, 2.05) is 18.2 Å². The van der Waals surface area contributed by atoms with Crippen LogP contribution >= 0.6 is 0 Å². The maximum Gasteiger partial charge on any atom is 0.131 e. The van der Waals surface area contributed by atoms with Crippen molar-refractivity contribution in [2.75, 3.05) is 13.7 Å². The summed E-state index contributed by atoms with van der Waals surface area (Å²) in [5.74, 6) is 0.305. The quantitative estimate of drug-likeness (QED) is 0.898.